The fourth-order valence-corrected chi connectivity index (χ4v) is 7.24. The number of carbonyl (C=O) groups excluding carboxylic acids is 6. The number of fused-ring (bicyclic) bond motifs is 2. The van der Waals surface area contributed by atoms with Gasteiger partial charge < -0.3 is 34.3 Å². The number of ketones is 2. The molecule has 16 heteroatoms. The van der Waals surface area contributed by atoms with Crippen molar-refractivity contribution in [3.63, 3.8) is 0 Å². The Morgan fingerprint density at radius 1 is 0.851 bits per heavy atom. The van der Waals surface area contributed by atoms with Crippen LogP contribution in [0, 0.1) is 0 Å². The summed E-state index contributed by atoms with van der Waals surface area (Å²) in [6.45, 7) is 4.25. The lowest BCUT2D eigenvalue weighted by Gasteiger charge is -2.44. The van der Waals surface area contributed by atoms with Gasteiger partial charge in [-0.25, -0.2) is 8.42 Å². The first-order valence-corrected chi connectivity index (χ1v) is 16.2. The highest BCUT2D eigenvalue weighted by Gasteiger charge is 2.51. The van der Waals surface area contributed by atoms with Crippen LogP contribution in [0.4, 0.5) is 0 Å². The van der Waals surface area contributed by atoms with Crippen molar-refractivity contribution in [1.29, 1.82) is 0 Å². The van der Waals surface area contributed by atoms with E-state index >= 15 is 0 Å². The molecule has 2 N–H and O–H groups in total. The van der Waals surface area contributed by atoms with E-state index in [1.165, 1.54) is 12.1 Å². The Hall–Kier alpha value is -4.67. The number of sulfone groups is 1. The molecule has 47 heavy (non-hydrogen) atoms. The first-order valence-electron chi connectivity index (χ1n) is 14.6. The molecule has 2 aromatic rings. The molecule has 0 amide bonds. The van der Waals surface area contributed by atoms with Crippen LogP contribution in [0.5, 0.6) is 0 Å². The summed E-state index contributed by atoms with van der Waals surface area (Å²) < 4.78 is 52.7. The Labute approximate surface area is 268 Å². The SMILES string of the molecule is CC(=O)OCC1OC(OC(C)=O)C(NCc2ccc3cc4c(cc3c2)C(=O)C2=C(NCCS2(=O)=O)C4=O)C(OC(C)=O)C1OC(C)=O. The van der Waals surface area contributed by atoms with Crippen LogP contribution in [-0.2, 0) is 59.2 Å². The smallest absolute Gasteiger partial charge is 0.304 e. The minimum Gasteiger partial charge on any atom is -0.463 e. The average Bonchev–Trinajstić information content (AvgIpc) is 2.97. The Bertz CT molecular complexity index is 1830. The van der Waals surface area contributed by atoms with Gasteiger partial charge in [0.1, 0.15) is 29.4 Å². The maximum Gasteiger partial charge on any atom is 0.304 e. The summed E-state index contributed by atoms with van der Waals surface area (Å²) in [5, 5.41) is 7.03. The molecule has 0 spiro atoms. The normalized spacial score (nSPS) is 24.8. The fraction of sp³-hybridized carbons (Fsp3) is 0.419. The molecule has 0 saturated carbocycles. The van der Waals surface area contributed by atoms with Gasteiger partial charge in [0.25, 0.3) is 0 Å². The molecule has 0 aromatic heterocycles. The topological polar surface area (TPSA) is 207 Å². The van der Waals surface area contributed by atoms with E-state index in [0.717, 1.165) is 27.7 Å². The lowest BCUT2D eigenvalue weighted by molar-refractivity contribution is -0.271. The summed E-state index contributed by atoms with van der Waals surface area (Å²) >= 11 is 0. The number of hydrogen-bond donors (Lipinski definition) is 2. The van der Waals surface area contributed by atoms with Gasteiger partial charge in [0.2, 0.25) is 17.9 Å². The summed E-state index contributed by atoms with van der Waals surface area (Å²) in [6, 6.07) is 7.05. The van der Waals surface area contributed by atoms with Crippen LogP contribution in [0.1, 0.15) is 54.0 Å². The zero-order valence-corrected chi connectivity index (χ0v) is 26.6. The first kappa shape index (κ1) is 33.7. The second-order valence-electron chi connectivity index (χ2n) is 11.2. The molecule has 0 bridgehead atoms. The van der Waals surface area contributed by atoms with E-state index in [2.05, 4.69) is 10.6 Å². The number of carbonyl (C=O) groups is 6. The van der Waals surface area contributed by atoms with Gasteiger partial charge in [-0.3, -0.25) is 28.8 Å². The van der Waals surface area contributed by atoms with Crippen LogP contribution in [-0.4, -0.2) is 93.4 Å². The Morgan fingerprint density at radius 3 is 2.15 bits per heavy atom. The summed E-state index contributed by atoms with van der Waals surface area (Å²) in [6.07, 6.45) is -5.08. The Kier molecular flexibility index (Phi) is 9.47. The second-order valence-corrected chi connectivity index (χ2v) is 13.2. The number of esters is 4. The molecule has 5 rings (SSSR count). The predicted octanol–water partition coefficient (Wildman–Crippen LogP) is 0.621. The molecule has 1 fully saturated rings. The highest BCUT2D eigenvalue weighted by atomic mass is 32.2. The van der Waals surface area contributed by atoms with Gasteiger partial charge in [-0.2, -0.15) is 0 Å². The first-order chi connectivity index (χ1) is 22.2. The number of benzene rings is 2. The van der Waals surface area contributed by atoms with Crippen molar-refractivity contribution >= 4 is 56.1 Å². The number of ether oxygens (including phenoxy) is 5. The standard InChI is InChI=1S/C31H32N2O13S/c1-14(34)42-13-23-28(43-15(2)35)29(44-16(3)36)25(31(46-23)45-17(4)37)33-12-18-5-6-19-10-21-22(11-20(19)9-18)27(39)30-24(26(21)38)32-7-8-47(30,40)41/h5-6,9-11,23,25,28-29,31-33H,7-8,12-13H2,1-4H3. The molecule has 3 aliphatic rings. The lowest BCUT2D eigenvalue weighted by Crippen LogP contribution is -2.66. The van der Waals surface area contributed by atoms with Gasteiger partial charge in [0, 0.05) is 51.9 Å². The highest BCUT2D eigenvalue weighted by molar-refractivity contribution is 7.96. The van der Waals surface area contributed by atoms with Crippen molar-refractivity contribution in [3.05, 3.63) is 57.6 Å². The summed E-state index contributed by atoms with van der Waals surface area (Å²) in [5.41, 5.74) is 0.458. The van der Waals surface area contributed by atoms with E-state index in [-0.39, 0.29) is 35.7 Å². The quantitative estimate of drug-likeness (QED) is 0.291. The minimum absolute atomic E-state index is 0.0244. The molecule has 250 valence electrons. The molecule has 2 aromatic carbocycles. The molecule has 5 atom stereocenters. The van der Waals surface area contributed by atoms with Crippen LogP contribution in [0.15, 0.2) is 40.9 Å². The van der Waals surface area contributed by atoms with Gasteiger partial charge in [-0.05, 0) is 34.5 Å². The molecule has 15 nitrogen and oxygen atoms in total. The second kappa shape index (κ2) is 13.2. The summed E-state index contributed by atoms with van der Waals surface area (Å²) in [5.74, 6) is -4.51. The largest absolute Gasteiger partial charge is 0.463 e. The van der Waals surface area contributed by atoms with Crippen molar-refractivity contribution in [2.75, 3.05) is 18.9 Å². The van der Waals surface area contributed by atoms with Crippen LogP contribution in [0.2, 0.25) is 0 Å². The Balaban J connectivity index is 1.46. The molecule has 2 heterocycles. The van der Waals surface area contributed by atoms with E-state index in [4.69, 9.17) is 23.7 Å². The molecule has 1 saturated heterocycles. The van der Waals surface area contributed by atoms with Gasteiger partial charge in [0.15, 0.2) is 22.0 Å². The summed E-state index contributed by atoms with van der Waals surface area (Å²) in [7, 11) is -3.95. The monoisotopic (exact) mass is 672 g/mol. The van der Waals surface area contributed by atoms with Crippen LogP contribution in [0.25, 0.3) is 10.8 Å². The van der Waals surface area contributed by atoms with E-state index in [1.807, 2.05) is 0 Å². The van der Waals surface area contributed by atoms with Gasteiger partial charge in [-0.1, -0.05) is 12.1 Å². The third-order valence-corrected chi connectivity index (χ3v) is 9.45. The third-order valence-electron chi connectivity index (χ3n) is 7.70. The van der Waals surface area contributed by atoms with Gasteiger partial charge in [0.05, 0.1) is 5.75 Å². The molecule has 5 unspecified atom stereocenters. The zero-order chi connectivity index (χ0) is 34.2. The van der Waals surface area contributed by atoms with Crippen molar-refractivity contribution in [2.24, 2.45) is 0 Å². The van der Waals surface area contributed by atoms with Crippen LogP contribution >= 0.6 is 0 Å². The molecular formula is C31H32N2O13S. The van der Waals surface area contributed by atoms with Gasteiger partial charge in [-0.15, -0.1) is 0 Å². The molecule has 2 aliphatic heterocycles. The van der Waals surface area contributed by atoms with E-state index in [9.17, 15) is 37.2 Å². The number of hydrogen-bond acceptors (Lipinski definition) is 15. The average molecular weight is 673 g/mol. The number of nitrogens with one attached hydrogen (secondary N) is 2. The maximum absolute atomic E-state index is 13.3. The fourth-order valence-electron chi connectivity index (χ4n) is 5.79. The van der Waals surface area contributed by atoms with Crippen molar-refractivity contribution < 1.29 is 60.9 Å². The number of allylic oxidation sites excluding steroid dienone is 2. The maximum atomic E-state index is 13.3. The third kappa shape index (κ3) is 7.03. The van der Waals surface area contributed by atoms with Crippen LogP contribution in [0.3, 0.4) is 0 Å². The van der Waals surface area contributed by atoms with Crippen molar-refractivity contribution in [1.82, 2.24) is 10.6 Å². The highest BCUT2D eigenvalue weighted by Crippen LogP contribution is 2.34. The predicted molar refractivity (Wildman–Crippen MR) is 160 cm³/mol. The molecule has 0 radical (unpaired) electrons. The van der Waals surface area contributed by atoms with E-state index < -0.39 is 87.4 Å². The number of rotatable bonds is 8. The molecule has 1 aliphatic carbocycles. The zero-order valence-electron chi connectivity index (χ0n) is 25.8. The number of Topliss-reactive ketones (excluding diaryl/α,β-unsaturated/α-hetero) is 2. The molecular weight excluding hydrogens is 640 g/mol. The lowest BCUT2D eigenvalue weighted by atomic mass is 9.89. The summed E-state index contributed by atoms with van der Waals surface area (Å²) in [4.78, 5) is 73.8. The van der Waals surface area contributed by atoms with Crippen molar-refractivity contribution in [2.45, 2.75) is 64.9 Å². The minimum atomic E-state index is -3.95. The Morgan fingerprint density at radius 2 is 1.49 bits per heavy atom. The van der Waals surface area contributed by atoms with E-state index in [0.29, 0.717) is 16.3 Å². The van der Waals surface area contributed by atoms with Crippen LogP contribution < -0.4 is 10.6 Å². The van der Waals surface area contributed by atoms with E-state index in [1.54, 1.807) is 18.2 Å². The van der Waals surface area contributed by atoms with Gasteiger partial charge >= 0.3 is 23.9 Å². The van der Waals surface area contributed by atoms with Crippen molar-refractivity contribution in [3.8, 4) is 0 Å².